The zero-order valence-corrected chi connectivity index (χ0v) is 9.26. The fraction of sp³-hybridized carbons (Fsp3) is 0.833. The number of hydrogen-bond acceptors (Lipinski definition) is 3. The van der Waals surface area contributed by atoms with Crippen molar-refractivity contribution in [3.8, 4) is 6.07 Å². The summed E-state index contributed by atoms with van der Waals surface area (Å²) >= 11 is 0. The van der Waals surface area contributed by atoms with Gasteiger partial charge in [-0.2, -0.15) is 5.26 Å². The highest BCUT2D eigenvalue weighted by Crippen LogP contribution is 2.41. The number of nitriles is 1. The van der Waals surface area contributed by atoms with Crippen LogP contribution in [0.3, 0.4) is 0 Å². The van der Waals surface area contributed by atoms with Crippen LogP contribution in [-0.4, -0.2) is 36.1 Å². The van der Waals surface area contributed by atoms with Crippen molar-refractivity contribution in [2.24, 2.45) is 11.8 Å². The number of ether oxygens (including phenoxy) is 1. The van der Waals surface area contributed by atoms with Gasteiger partial charge in [-0.05, 0) is 25.2 Å². The van der Waals surface area contributed by atoms with Crippen molar-refractivity contribution in [1.29, 1.82) is 5.26 Å². The molecule has 0 aromatic rings. The number of carbonyl (C=O) groups is 1. The van der Waals surface area contributed by atoms with Crippen molar-refractivity contribution in [3.63, 3.8) is 0 Å². The van der Waals surface area contributed by atoms with Crippen LogP contribution in [0, 0.1) is 23.2 Å². The summed E-state index contributed by atoms with van der Waals surface area (Å²) in [6, 6.07) is 2.45. The molecular formula is C12H16N2O2. The van der Waals surface area contributed by atoms with Gasteiger partial charge in [0.05, 0.1) is 24.1 Å². The van der Waals surface area contributed by atoms with Gasteiger partial charge in [0.15, 0.2) is 0 Å². The van der Waals surface area contributed by atoms with Gasteiger partial charge < -0.3 is 9.64 Å². The maximum Gasteiger partial charge on any atom is 0.224 e. The van der Waals surface area contributed by atoms with Crippen molar-refractivity contribution in [2.75, 3.05) is 13.2 Å². The molecule has 1 saturated carbocycles. The Labute approximate surface area is 95.2 Å². The highest BCUT2D eigenvalue weighted by molar-refractivity contribution is 5.79. The minimum Gasteiger partial charge on any atom is -0.376 e. The maximum atomic E-state index is 11.8. The molecule has 3 unspecified atom stereocenters. The van der Waals surface area contributed by atoms with Crippen LogP contribution in [0.15, 0.2) is 0 Å². The third-order valence-corrected chi connectivity index (χ3v) is 3.93. The van der Waals surface area contributed by atoms with Gasteiger partial charge in [0.1, 0.15) is 0 Å². The second-order valence-electron chi connectivity index (χ2n) is 5.11. The first-order valence-corrected chi connectivity index (χ1v) is 6.10. The number of hydrogen-bond donors (Lipinski definition) is 0. The van der Waals surface area contributed by atoms with Gasteiger partial charge in [0, 0.05) is 19.6 Å². The van der Waals surface area contributed by atoms with Crippen molar-refractivity contribution in [2.45, 2.75) is 37.8 Å². The topological polar surface area (TPSA) is 53.3 Å². The fourth-order valence-corrected chi connectivity index (χ4v) is 2.95. The first-order valence-electron chi connectivity index (χ1n) is 6.10. The van der Waals surface area contributed by atoms with Gasteiger partial charge in [-0.3, -0.25) is 4.79 Å². The van der Waals surface area contributed by atoms with Gasteiger partial charge in [0.2, 0.25) is 5.91 Å². The third kappa shape index (κ3) is 1.60. The number of amides is 1. The summed E-state index contributed by atoms with van der Waals surface area (Å²) in [5.74, 6) is 0.710. The minimum atomic E-state index is -0.104. The molecule has 3 rings (SSSR count). The predicted molar refractivity (Wildman–Crippen MR) is 56.3 cm³/mol. The van der Waals surface area contributed by atoms with Crippen molar-refractivity contribution < 1.29 is 9.53 Å². The van der Waals surface area contributed by atoms with E-state index in [9.17, 15) is 4.79 Å². The molecule has 3 aliphatic rings. The number of nitrogens with zero attached hydrogens (tertiary/aromatic N) is 2. The number of rotatable bonds is 2. The van der Waals surface area contributed by atoms with E-state index in [0.29, 0.717) is 18.9 Å². The first-order chi connectivity index (χ1) is 7.79. The molecule has 4 heteroatoms. The van der Waals surface area contributed by atoms with Crippen LogP contribution >= 0.6 is 0 Å². The summed E-state index contributed by atoms with van der Waals surface area (Å²) in [7, 11) is 0. The van der Waals surface area contributed by atoms with E-state index in [1.807, 2.05) is 4.90 Å². The first kappa shape index (κ1) is 10.1. The van der Waals surface area contributed by atoms with E-state index >= 15 is 0 Å². The van der Waals surface area contributed by atoms with Crippen LogP contribution in [0.5, 0.6) is 0 Å². The Morgan fingerprint density at radius 3 is 2.81 bits per heavy atom. The molecule has 2 heterocycles. The molecule has 86 valence electrons. The summed E-state index contributed by atoms with van der Waals surface area (Å²) in [6.45, 7) is 1.39. The van der Waals surface area contributed by atoms with Crippen molar-refractivity contribution in [1.82, 2.24) is 4.90 Å². The summed E-state index contributed by atoms with van der Waals surface area (Å²) in [5, 5.41) is 8.87. The molecule has 0 aromatic carbocycles. The van der Waals surface area contributed by atoms with Gasteiger partial charge in [-0.1, -0.05) is 0 Å². The third-order valence-electron chi connectivity index (χ3n) is 3.93. The molecule has 4 nitrogen and oxygen atoms in total. The second-order valence-corrected chi connectivity index (χ2v) is 5.11. The monoisotopic (exact) mass is 220 g/mol. The SMILES string of the molecule is N#CC1CC(=O)N(C2CCOC2C2CC2)C1. The molecule has 1 aliphatic carbocycles. The van der Waals surface area contributed by atoms with Crippen LogP contribution in [0.1, 0.15) is 25.7 Å². The molecule has 0 aromatic heterocycles. The average molecular weight is 220 g/mol. The lowest BCUT2D eigenvalue weighted by Gasteiger charge is -2.28. The second kappa shape index (κ2) is 3.74. The Balaban J connectivity index is 1.72. The lowest BCUT2D eigenvalue weighted by molar-refractivity contribution is -0.130. The number of carbonyl (C=O) groups excluding carboxylic acids is 1. The van der Waals surface area contributed by atoms with Crippen LogP contribution in [0.4, 0.5) is 0 Å². The molecule has 3 fully saturated rings. The van der Waals surface area contributed by atoms with Crippen LogP contribution in [0.25, 0.3) is 0 Å². The molecule has 0 spiro atoms. The summed E-state index contributed by atoms with van der Waals surface area (Å²) in [6.07, 6.45) is 4.09. The lowest BCUT2D eigenvalue weighted by Crippen LogP contribution is -2.42. The fourth-order valence-electron chi connectivity index (χ4n) is 2.95. The summed E-state index contributed by atoms with van der Waals surface area (Å²) in [4.78, 5) is 13.7. The highest BCUT2D eigenvalue weighted by Gasteiger charge is 2.46. The Bertz CT molecular complexity index is 345. The van der Waals surface area contributed by atoms with E-state index in [4.69, 9.17) is 10.00 Å². The Morgan fingerprint density at radius 2 is 2.19 bits per heavy atom. The van der Waals surface area contributed by atoms with Crippen molar-refractivity contribution in [3.05, 3.63) is 0 Å². The molecule has 0 bridgehead atoms. The normalized spacial score (nSPS) is 39.1. The van der Waals surface area contributed by atoms with E-state index in [2.05, 4.69) is 6.07 Å². The maximum absolute atomic E-state index is 11.8. The minimum absolute atomic E-state index is 0.104. The Hall–Kier alpha value is -1.08. The molecule has 1 amide bonds. The predicted octanol–water partition coefficient (Wildman–Crippen LogP) is 0.926. The smallest absolute Gasteiger partial charge is 0.224 e. The van der Waals surface area contributed by atoms with Gasteiger partial charge in [0.25, 0.3) is 0 Å². The molecular weight excluding hydrogens is 204 g/mol. The highest BCUT2D eigenvalue weighted by atomic mass is 16.5. The quantitative estimate of drug-likeness (QED) is 0.695. The van der Waals surface area contributed by atoms with Gasteiger partial charge in [-0.25, -0.2) is 0 Å². The molecule has 2 saturated heterocycles. The summed E-state index contributed by atoms with van der Waals surface area (Å²) in [5.41, 5.74) is 0. The lowest BCUT2D eigenvalue weighted by atomic mass is 10.0. The standard InChI is InChI=1S/C12H16N2O2/c13-6-8-5-11(15)14(7-8)10-3-4-16-12(10)9-1-2-9/h8-10,12H,1-5,7H2. The average Bonchev–Trinajstić information content (AvgIpc) is 2.89. The Morgan fingerprint density at radius 1 is 1.38 bits per heavy atom. The number of likely N-dealkylation sites (tertiary alicyclic amines) is 1. The van der Waals surface area contributed by atoms with E-state index in [0.717, 1.165) is 13.0 Å². The largest absolute Gasteiger partial charge is 0.376 e. The molecule has 2 aliphatic heterocycles. The van der Waals surface area contributed by atoms with E-state index in [1.54, 1.807) is 0 Å². The zero-order chi connectivity index (χ0) is 11.1. The van der Waals surface area contributed by atoms with Gasteiger partial charge in [-0.15, -0.1) is 0 Å². The van der Waals surface area contributed by atoms with Crippen molar-refractivity contribution >= 4 is 5.91 Å². The molecule has 3 atom stereocenters. The molecule has 16 heavy (non-hydrogen) atoms. The van der Waals surface area contributed by atoms with Gasteiger partial charge >= 0.3 is 0 Å². The zero-order valence-electron chi connectivity index (χ0n) is 9.26. The van der Waals surface area contributed by atoms with E-state index in [-0.39, 0.29) is 24.0 Å². The Kier molecular flexibility index (Phi) is 2.36. The van der Waals surface area contributed by atoms with E-state index in [1.165, 1.54) is 12.8 Å². The van der Waals surface area contributed by atoms with Crippen LogP contribution < -0.4 is 0 Å². The van der Waals surface area contributed by atoms with Crippen LogP contribution in [-0.2, 0) is 9.53 Å². The molecule has 0 radical (unpaired) electrons. The van der Waals surface area contributed by atoms with E-state index < -0.39 is 0 Å². The molecule has 0 N–H and O–H groups in total. The van der Waals surface area contributed by atoms with Crippen LogP contribution in [0.2, 0.25) is 0 Å². The summed E-state index contributed by atoms with van der Waals surface area (Å²) < 4.78 is 5.74.